The molecular formula is C16H16N4O2S. The molecule has 6 nitrogen and oxygen atoms in total. The number of hydrogen-bond donors (Lipinski definition) is 1. The van der Waals surface area contributed by atoms with Gasteiger partial charge in [0.2, 0.25) is 0 Å². The van der Waals surface area contributed by atoms with Crippen molar-refractivity contribution in [3.63, 3.8) is 0 Å². The minimum absolute atomic E-state index is 0.210. The van der Waals surface area contributed by atoms with E-state index in [1.807, 2.05) is 37.3 Å². The van der Waals surface area contributed by atoms with Crippen molar-refractivity contribution in [3.05, 3.63) is 47.8 Å². The summed E-state index contributed by atoms with van der Waals surface area (Å²) in [7, 11) is 3.37. The molecular weight excluding hydrogens is 312 g/mol. The number of aromatic nitrogens is 3. The SMILES string of the molecule is COc1cccc(-c2cc(C(=O)Nc3cc(C)ns3)n(C)n2)c1. The predicted molar refractivity (Wildman–Crippen MR) is 90.0 cm³/mol. The first-order valence-electron chi connectivity index (χ1n) is 7.00. The monoisotopic (exact) mass is 328 g/mol. The van der Waals surface area contributed by atoms with Gasteiger partial charge in [0.05, 0.1) is 18.5 Å². The van der Waals surface area contributed by atoms with Crippen LogP contribution in [0.3, 0.4) is 0 Å². The Kier molecular flexibility index (Phi) is 4.12. The average molecular weight is 328 g/mol. The van der Waals surface area contributed by atoms with Gasteiger partial charge in [0.25, 0.3) is 5.91 Å². The molecule has 1 N–H and O–H groups in total. The van der Waals surface area contributed by atoms with Crippen molar-refractivity contribution in [1.82, 2.24) is 14.2 Å². The second-order valence-corrected chi connectivity index (χ2v) is 5.86. The van der Waals surface area contributed by atoms with E-state index in [1.165, 1.54) is 11.5 Å². The van der Waals surface area contributed by atoms with Crippen molar-refractivity contribution in [2.24, 2.45) is 7.05 Å². The molecule has 0 saturated carbocycles. The molecule has 2 heterocycles. The smallest absolute Gasteiger partial charge is 0.274 e. The zero-order valence-electron chi connectivity index (χ0n) is 13.0. The van der Waals surface area contributed by atoms with Gasteiger partial charge in [-0.25, -0.2) is 0 Å². The van der Waals surface area contributed by atoms with E-state index in [9.17, 15) is 4.79 Å². The number of ether oxygens (including phenoxy) is 1. The number of aryl methyl sites for hydroxylation is 2. The first-order chi connectivity index (χ1) is 11.1. The number of hydrogen-bond acceptors (Lipinski definition) is 5. The van der Waals surface area contributed by atoms with Gasteiger partial charge in [-0.1, -0.05) is 12.1 Å². The number of amides is 1. The van der Waals surface area contributed by atoms with E-state index in [0.29, 0.717) is 5.69 Å². The van der Waals surface area contributed by atoms with Crippen LogP contribution < -0.4 is 10.1 Å². The van der Waals surface area contributed by atoms with Crippen LogP contribution in [-0.4, -0.2) is 27.2 Å². The van der Waals surface area contributed by atoms with Gasteiger partial charge in [-0.05, 0) is 42.7 Å². The Balaban J connectivity index is 1.86. The Bertz CT molecular complexity index is 853. The van der Waals surface area contributed by atoms with Crippen molar-refractivity contribution >= 4 is 22.4 Å². The fourth-order valence-electron chi connectivity index (χ4n) is 2.20. The van der Waals surface area contributed by atoms with E-state index in [1.54, 1.807) is 24.9 Å². The highest BCUT2D eigenvalue weighted by molar-refractivity contribution is 7.10. The Morgan fingerprint density at radius 1 is 1.30 bits per heavy atom. The summed E-state index contributed by atoms with van der Waals surface area (Å²) in [6, 6.07) is 11.2. The molecule has 118 valence electrons. The number of benzene rings is 1. The van der Waals surface area contributed by atoms with E-state index >= 15 is 0 Å². The molecule has 3 rings (SSSR count). The van der Waals surface area contributed by atoms with Crippen LogP contribution in [-0.2, 0) is 7.05 Å². The number of rotatable bonds is 4. The number of nitrogens with one attached hydrogen (secondary N) is 1. The summed E-state index contributed by atoms with van der Waals surface area (Å²) in [5, 5.41) is 7.97. The number of anilines is 1. The van der Waals surface area contributed by atoms with Gasteiger partial charge in [0, 0.05) is 12.6 Å². The Morgan fingerprint density at radius 3 is 2.83 bits per heavy atom. The van der Waals surface area contributed by atoms with Crippen molar-refractivity contribution < 1.29 is 9.53 Å². The number of carbonyl (C=O) groups is 1. The van der Waals surface area contributed by atoms with E-state index in [2.05, 4.69) is 14.8 Å². The molecule has 1 aromatic carbocycles. The predicted octanol–water partition coefficient (Wildman–Crippen LogP) is 3.11. The number of carbonyl (C=O) groups excluding carboxylic acids is 1. The van der Waals surface area contributed by atoms with Crippen molar-refractivity contribution in [2.45, 2.75) is 6.92 Å². The lowest BCUT2D eigenvalue weighted by molar-refractivity contribution is 0.101. The Morgan fingerprint density at radius 2 is 2.13 bits per heavy atom. The molecule has 1 amide bonds. The fraction of sp³-hybridized carbons (Fsp3) is 0.188. The van der Waals surface area contributed by atoms with E-state index in [4.69, 9.17) is 4.74 Å². The quantitative estimate of drug-likeness (QED) is 0.799. The molecule has 0 saturated heterocycles. The molecule has 0 bridgehead atoms. The largest absolute Gasteiger partial charge is 0.497 e. The van der Waals surface area contributed by atoms with Gasteiger partial charge in [-0.15, -0.1) is 0 Å². The van der Waals surface area contributed by atoms with Gasteiger partial charge in [0.1, 0.15) is 16.4 Å². The lowest BCUT2D eigenvalue weighted by Gasteiger charge is -2.01. The molecule has 2 aromatic heterocycles. The highest BCUT2D eigenvalue weighted by atomic mass is 32.1. The summed E-state index contributed by atoms with van der Waals surface area (Å²) in [4.78, 5) is 12.4. The second-order valence-electron chi connectivity index (χ2n) is 5.06. The zero-order valence-corrected chi connectivity index (χ0v) is 13.8. The van der Waals surface area contributed by atoms with Gasteiger partial charge in [-0.2, -0.15) is 9.47 Å². The summed E-state index contributed by atoms with van der Waals surface area (Å²) >= 11 is 1.26. The van der Waals surface area contributed by atoms with Crippen molar-refractivity contribution in [2.75, 3.05) is 12.4 Å². The third-order valence-electron chi connectivity index (χ3n) is 3.34. The Hall–Kier alpha value is -2.67. The van der Waals surface area contributed by atoms with Crippen LogP contribution in [0.1, 0.15) is 16.2 Å². The van der Waals surface area contributed by atoms with Crippen molar-refractivity contribution in [1.29, 1.82) is 0 Å². The minimum Gasteiger partial charge on any atom is -0.497 e. The maximum atomic E-state index is 12.4. The van der Waals surface area contributed by atoms with Crippen LogP contribution in [0.4, 0.5) is 5.00 Å². The van der Waals surface area contributed by atoms with Gasteiger partial charge in [0.15, 0.2) is 0 Å². The number of nitrogens with zero attached hydrogens (tertiary/aromatic N) is 3. The number of methoxy groups -OCH3 is 1. The molecule has 7 heteroatoms. The lowest BCUT2D eigenvalue weighted by atomic mass is 10.1. The highest BCUT2D eigenvalue weighted by Gasteiger charge is 2.15. The maximum absolute atomic E-state index is 12.4. The van der Waals surface area contributed by atoms with E-state index < -0.39 is 0 Å². The Labute approximate surface area is 137 Å². The van der Waals surface area contributed by atoms with Gasteiger partial charge in [-0.3, -0.25) is 9.48 Å². The van der Waals surface area contributed by atoms with Gasteiger partial charge < -0.3 is 10.1 Å². The molecule has 0 aliphatic carbocycles. The molecule has 0 aliphatic heterocycles. The highest BCUT2D eigenvalue weighted by Crippen LogP contribution is 2.24. The zero-order chi connectivity index (χ0) is 16.4. The molecule has 23 heavy (non-hydrogen) atoms. The van der Waals surface area contributed by atoms with Crippen LogP contribution in [0.25, 0.3) is 11.3 Å². The van der Waals surface area contributed by atoms with Crippen LogP contribution in [0.2, 0.25) is 0 Å². The minimum atomic E-state index is -0.210. The normalized spacial score (nSPS) is 10.6. The first kappa shape index (κ1) is 15.2. The third-order valence-corrected chi connectivity index (χ3v) is 4.14. The lowest BCUT2D eigenvalue weighted by Crippen LogP contribution is -2.15. The molecule has 0 aliphatic rings. The summed E-state index contributed by atoms with van der Waals surface area (Å²) in [6.07, 6.45) is 0. The van der Waals surface area contributed by atoms with Crippen LogP contribution in [0, 0.1) is 6.92 Å². The molecule has 0 radical (unpaired) electrons. The van der Waals surface area contributed by atoms with E-state index in [0.717, 1.165) is 27.7 Å². The first-order valence-corrected chi connectivity index (χ1v) is 7.77. The second kappa shape index (κ2) is 6.21. The summed E-state index contributed by atoms with van der Waals surface area (Å²) in [5.41, 5.74) is 2.98. The molecule has 0 fully saturated rings. The van der Waals surface area contributed by atoms with Crippen LogP contribution >= 0.6 is 11.5 Å². The van der Waals surface area contributed by atoms with Gasteiger partial charge >= 0.3 is 0 Å². The summed E-state index contributed by atoms with van der Waals surface area (Å²) in [6.45, 7) is 1.89. The molecule has 0 atom stereocenters. The maximum Gasteiger partial charge on any atom is 0.274 e. The summed E-state index contributed by atoms with van der Waals surface area (Å²) in [5.74, 6) is 0.539. The standard InChI is InChI=1S/C16H16N4O2S/c1-10-7-15(23-19-10)17-16(21)14-9-13(18-20(14)2)11-5-4-6-12(8-11)22-3/h4-9H,1-3H3,(H,17,21). The fourth-order valence-corrected chi connectivity index (χ4v) is 2.86. The van der Waals surface area contributed by atoms with Crippen LogP contribution in [0.15, 0.2) is 36.4 Å². The van der Waals surface area contributed by atoms with E-state index in [-0.39, 0.29) is 5.91 Å². The van der Waals surface area contributed by atoms with Crippen molar-refractivity contribution in [3.8, 4) is 17.0 Å². The molecule has 0 unspecified atom stereocenters. The van der Waals surface area contributed by atoms with Crippen LogP contribution in [0.5, 0.6) is 5.75 Å². The molecule has 3 aromatic rings. The topological polar surface area (TPSA) is 69.0 Å². The third kappa shape index (κ3) is 3.24. The average Bonchev–Trinajstić information content (AvgIpc) is 3.13. The molecule has 0 spiro atoms. The summed E-state index contributed by atoms with van der Waals surface area (Å²) < 4.78 is 10.9.